The predicted octanol–water partition coefficient (Wildman–Crippen LogP) is 5.33. The molecule has 5 aromatic rings. The number of fused-ring (bicyclic) bond motifs is 2. The van der Waals surface area contributed by atoms with E-state index in [-0.39, 0.29) is 45.5 Å². The summed E-state index contributed by atoms with van der Waals surface area (Å²) in [6.07, 6.45) is 0. The van der Waals surface area contributed by atoms with Crippen LogP contribution in [0.5, 0.6) is 11.5 Å². The molecular formula is C34H29ClF2N4O6. The zero-order chi connectivity index (χ0) is 33.7. The number of hydrogen-bond donors (Lipinski definition) is 3. The first-order chi connectivity index (χ1) is 22.4. The highest BCUT2D eigenvalue weighted by molar-refractivity contribution is 6.31. The molecule has 10 nitrogen and oxygen atoms in total. The summed E-state index contributed by atoms with van der Waals surface area (Å²) in [7, 11) is 0. The normalized spacial score (nSPS) is 16.7. The number of aryl methyl sites for hydroxylation is 1. The van der Waals surface area contributed by atoms with E-state index in [1.165, 1.54) is 18.2 Å². The molecule has 3 heterocycles. The highest BCUT2D eigenvalue weighted by Gasteiger charge is 2.46. The average molecular weight is 663 g/mol. The lowest BCUT2D eigenvalue weighted by molar-refractivity contribution is -0.123. The Kier molecular flexibility index (Phi) is 8.10. The first kappa shape index (κ1) is 31.9. The number of primary amides is 1. The summed E-state index contributed by atoms with van der Waals surface area (Å²) in [5.41, 5.74) is 3.39. The number of carbonyl (C=O) groups excluding carboxylic acids is 2. The van der Waals surface area contributed by atoms with E-state index in [9.17, 15) is 19.1 Å². The number of halogens is 3. The van der Waals surface area contributed by atoms with Crippen molar-refractivity contribution in [3.63, 3.8) is 0 Å². The summed E-state index contributed by atoms with van der Waals surface area (Å²) in [4.78, 5) is 35.2. The van der Waals surface area contributed by atoms with E-state index in [1.54, 1.807) is 51.1 Å². The Bertz CT molecular complexity index is 2060. The molecule has 0 fully saturated rings. The van der Waals surface area contributed by atoms with Gasteiger partial charge in [-0.15, -0.1) is 0 Å². The van der Waals surface area contributed by atoms with Crippen molar-refractivity contribution >= 4 is 34.5 Å². The van der Waals surface area contributed by atoms with Crippen LogP contribution in [0.1, 0.15) is 46.9 Å². The number of nitrogens with two attached hydrogens (primary N) is 1. The fraction of sp³-hybridized carbons (Fsp3) is 0.235. The number of aromatic nitrogens is 2. The van der Waals surface area contributed by atoms with Gasteiger partial charge in [0.1, 0.15) is 46.5 Å². The van der Waals surface area contributed by atoms with Gasteiger partial charge in [0.05, 0.1) is 23.9 Å². The molecule has 47 heavy (non-hydrogen) atoms. The Labute approximate surface area is 272 Å². The molecule has 6 rings (SSSR count). The number of aliphatic hydroxyl groups is 1. The van der Waals surface area contributed by atoms with Crippen LogP contribution in [0, 0.1) is 18.6 Å². The predicted molar refractivity (Wildman–Crippen MR) is 168 cm³/mol. The number of nitrogens with one attached hydrogen (secondary N) is 1. The van der Waals surface area contributed by atoms with Crippen LogP contribution in [0.15, 0.2) is 65.1 Å². The third-order valence-electron chi connectivity index (χ3n) is 8.19. The van der Waals surface area contributed by atoms with Crippen LogP contribution in [0.2, 0.25) is 5.02 Å². The molecule has 0 aliphatic carbocycles. The lowest BCUT2D eigenvalue weighted by atomic mass is 9.80. The van der Waals surface area contributed by atoms with Gasteiger partial charge >= 0.3 is 0 Å². The average Bonchev–Trinajstić information content (AvgIpc) is 3.61. The first-order valence-electron chi connectivity index (χ1n) is 14.6. The first-order valence-corrected chi connectivity index (χ1v) is 15.0. The molecule has 0 saturated heterocycles. The second-order valence-electron chi connectivity index (χ2n) is 11.4. The lowest BCUT2D eigenvalue weighted by Gasteiger charge is -2.30. The van der Waals surface area contributed by atoms with E-state index in [0.29, 0.717) is 41.0 Å². The second-order valence-corrected chi connectivity index (χ2v) is 11.8. The van der Waals surface area contributed by atoms with Gasteiger partial charge in [0.2, 0.25) is 5.91 Å². The summed E-state index contributed by atoms with van der Waals surface area (Å²) in [6, 6.07) is 14.5. The highest BCUT2D eigenvalue weighted by Crippen LogP contribution is 2.47. The molecule has 0 spiro atoms. The molecule has 3 aromatic carbocycles. The molecule has 0 unspecified atom stereocenters. The fourth-order valence-corrected chi connectivity index (χ4v) is 5.72. The van der Waals surface area contributed by atoms with Gasteiger partial charge in [0.25, 0.3) is 5.91 Å². The van der Waals surface area contributed by atoms with E-state index >= 15 is 4.39 Å². The minimum atomic E-state index is -2.06. The van der Waals surface area contributed by atoms with Crippen molar-refractivity contribution in [2.24, 2.45) is 5.73 Å². The van der Waals surface area contributed by atoms with Crippen molar-refractivity contribution in [1.82, 2.24) is 15.3 Å². The number of benzene rings is 3. The van der Waals surface area contributed by atoms with E-state index in [0.717, 1.165) is 6.07 Å². The molecule has 242 valence electrons. The monoisotopic (exact) mass is 662 g/mol. The largest absolute Gasteiger partial charge is 0.491 e. The second kappa shape index (κ2) is 11.9. The van der Waals surface area contributed by atoms with Crippen LogP contribution in [-0.4, -0.2) is 46.6 Å². The topological polar surface area (TPSA) is 150 Å². The van der Waals surface area contributed by atoms with Crippen molar-refractivity contribution in [1.29, 1.82) is 0 Å². The zero-order valence-corrected chi connectivity index (χ0v) is 26.2. The van der Waals surface area contributed by atoms with Crippen molar-refractivity contribution < 1.29 is 37.4 Å². The SMILES string of the molecule is CCOc1cc(C(=O)NC[C@@](O)(c2ccccc2)c2cc3c(c(-c4cc(Cl)c(F)cc4F)n2)OC[C@]3(C)C(N)=O)cc2oc(C)nc12. The van der Waals surface area contributed by atoms with Gasteiger partial charge in [-0.2, -0.15) is 0 Å². The van der Waals surface area contributed by atoms with E-state index in [2.05, 4.69) is 15.3 Å². The van der Waals surface area contributed by atoms with Gasteiger partial charge in [-0.1, -0.05) is 41.9 Å². The van der Waals surface area contributed by atoms with Crippen LogP contribution < -0.4 is 20.5 Å². The van der Waals surface area contributed by atoms with Crippen molar-refractivity contribution in [2.45, 2.75) is 31.8 Å². The quantitative estimate of drug-likeness (QED) is 0.179. The lowest BCUT2D eigenvalue weighted by Crippen LogP contribution is -2.43. The minimum absolute atomic E-state index is 0.0233. The number of ether oxygens (including phenoxy) is 2. The molecule has 0 radical (unpaired) electrons. The fourth-order valence-electron chi connectivity index (χ4n) is 5.56. The van der Waals surface area contributed by atoms with E-state index < -0.39 is 41.0 Å². The Morgan fingerprint density at radius 3 is 2.57 bits per heavy atom. The van der Waals surface area contributed by atoms with Gasteiger partial charge in [-0.05, 0) is 43.7 Å². The van der Waals surface area contributed by atoms with Crippen LogP contribution in [-0.2, 0) is 15.8 Å². The molecule has 2 aromatic heterocycles. The smallest absolute Gasteiger partial charge is 0.251 e. The third-order valence-corrected chi connectivity index (χ3v) is 8.48. The Morgan fingerprint density at radius 2 is 1.87 bits per heavy atom. The standard InChI is InChI=1S/C34H29ClF2N4O6/c1-4-45-25-10-18(11-26-29(25)40-17(2)47-26)31(42)39-15-34(44,19-8-6-5-7-9-19)27-13-21-30(46-16-33(21,3)32(38)43)28(41-27)20-12-22(35)24(37)14-23(20)36/h5-14,44H,4,15-16H2,1-3H3,(H2,38,43)(H,39,42)/t33-,34+/m0/s1. The summed E-state index contributed by atoms with van der Waals surface area (Å²) >= 11 is 6.03. The Morgan fingerprint density at radius 1 is 1.13 bits per heavy atom. The highest BCUT2D eigenvalue weighted by atomic mass is 35.5. The summed E-state index contributed by atoms with van der Waals surface area (Å²) in [5, 5.41) is 14.9. The number of carbonyl (C=O) groups is 2. The van der Waals surface area contributed by atoms with Crippen molar-refractivity contribution in [3.05, 3.63) is 106 Å². The summed E-state index contributed by atoms with van der Waals surface area (Å²) in [5.74, 6) is -2.55. The molecule has 1 aliphatic rings. The summed E-state index contributed by atoms with van der Waals surface area (Å²) in [6.45, 7) is 4.71. The Hall–Kier alpha value is -5.07. The molecule has 0 bridgehead atoms. The zero-order valence-electron chi connectivity index (χ0n) is 25.5. The number of hydrogen-bond acceptors (Lipinski definition) is 8. The van der Waals surface area contributed by atoms with Crippen molar-refractivity contribution in [2.75, 3.05) is 19.8 Å². The van der Waals surface area contributed by atoms with Gasteiger partial charge in [-0.3, -0.25) is 9.59 Å². The number of pyridine rings is 1. The number of rotatable bonds is 9. The maximum absolute atomic E-state index is 15.3. The van der Waals surface area contributed by atoms with Crippen LogP contribution in [0.3, 0.4) is 0 Å². The van der Waals surface area contributed by atoms with Crippen LogP contribution in [0.25, 0.3) is 22.4 Å². The van der Waals surface area contributed by atoms with Gasteiger partial charge in [0.15, 0.2) is 17.0 Å². The Balaban J connectivity index is 1.49. The number of oxazole rings is 1. The maximum atomic E-state index is 15.3. The minimum Gasteiger partial charge on any atom is -0.491 e. The van der Waals surface area contributed by atoms with Gasteiger partial charge < -0.3 is 30.0 Å². The van der Waals surface area contributed by atoms with E-state index in [4.69, 9.17) is 31.2 Å². The van der Waals surface area contributed by atoms with Crippen LogP contribution >= 0.6 is 11.6 Å². The maximum Gasteiger partial charge on any atom is 0.251 e. The van der Waals surface area contributed by atoms with Gasteiger partial charge in [0, 0.05) is 29.7 Å². The molecule has 13 heteroatoms. The number of amides is 2. The molecular weight excluding hydrogens is 634 g/mol. The molecule has 2 amide bonds. The van der Waals surface area contributed by atoms with Crippen LogP contribution in [0.4, 0.5) is 8.78 Å². The van der Waals surface area contributed by atoms with E-state index in [1.807, 2.05) is 0 Å². The number of nitrogens with zero attached hydrogens (tertiary/aromatic N) is 2. The van der Waals surface area contributed by atoms with Gasteiger partial charge in [-0.25, -0.2) is 18.7 Å². The third kappa shape index (κ3) is 5.53. The summed E-state index contributed by atoms with van der Waals surface area (Å²) < 4.78 is 46.6. The molecule has 4 N–H and O–H groups in total. The molecule has 2 atom stereocenters. The van der Waals surface area contributed by atoms with Crippen molar-refractivity contribution in [3.8, 4) is 22.8 Å². The molecule has 1 aliphatic heterocycles. The molecule has 0 saturated carbocycles.